The molecule has 0 unspecified atom stereocenters. The van der Waals surface area contributed by atoms with Crippen LogP contribution in [0.5, 0.6) is 0 Å². The van der Waals surface area contributed by atoms with Gasteiger partial charge in [-0.1, -0.05) is 54.6 Å². The molecule has 0 aromatic heterocycles. The van der Waals surface area contributed by atoms with Crippen molar-refractivity contribution >= 4 is 20.4 Å². The lowest BCUT2D eigenvalue weighted by molar-refractivity contribution is 0.354. The summed E-state index contributed by atoms with van der Waals surface area (Å²) in [5, 5.41) is 0. The fourth-order valence-corrected chi connectivity index (χ4v) is 9.12. The number of halogens is 5. The molecule has 0 saturated carbocycles. The molecule has 0 radical (unpaired) electrons. The first-order chi connectivity index (χ1) is 16.6. The van der Waals surface area contributed by atoms with Crippen LogP contribution < -0.4 is 0 Å². The molecular formula is C25H17F5O3S2. The van der Waals surface area contributed by atoms with E-state index in [1.165, 1.54) is 0 Å². The Bertz CT molecular complexity index is 1430. The molecule has 0 amide bonds. The number of rotatable bonds is 6. The van der Waals surface area contributed by atoms with Crippen LogP contribution in [0, 0.1) is 36.0 Å². The van der Waals surface area contributed by atoms with Crippen molar-refractivity contribution in [3.8, 4) is 0 Å². The number of benzene rings is 4. The molecule has 4 rings (SSSR count). The fourth-order valence-electron chi connectivity index (χ4n) is 3.58. The van der Waals surface area contributed by atoms with Gasteiger partial charge >= 0.3 is 10.1 Å². The van der Waals surface area contributed by atoms with Crippen molar-refractivity contribution in [2.24, 2.45) is 0 Å². The molecule has 0 heterocycles. The van der Waals surface area contributed by atoms with Crippen LogP contribution in [-0.4, -0.2) is 8.42 Å². The van der Waals surface area contributed by atoms with Gasteiger partial charge < -0.3 is 0 Å². The SMILES string of the molecule is Cc1ccccc1S(OS(=O)(=O)c1c(F)c(F)c(F)c(F)c1F)(c1ccccc1)c1ccccc1. The Hall–Kier alpha value is -3.21. The Morgan fingerprint density at radius 2 is 0.971 bits per heavy atom. The summed E-state index contributed by atoms with van der Waals surface area (Å²) in [7, 11) is -8.86. The molecule has 4 aromatic carbocycles. The van der Waals surface area contributed by atoms with Crippen molar-refractivity contribution in [3.05, 3.63) is 120 Å². The quantitative estimate of drug-likeness (QED) is 0.151. The molecule has 0 saturated heterocycles. The summed E-state index contributed by atoms with van der Waals surface area (Å²) < 4.78 is 103. The normalized spacial score (nSPS) is 12.5. The molecule has 0 atom stereocenters. The third kappa shape index (κ3) is 4.22. The van der Waals surface area contributed by atoms with Gasteiger partial charge in [-0.25, -0.2) is 25.6 Å². The highest BCUT2D eigenvalue weighted by molar-refractivity contribution is 8.33. The molecule has 0 aliphatic rings. The first-order valence-corrected chi connectivity index (χ1v) is 13.0. The fraction of sp³-hybridized carbons (Fsp3) is 0.0400. The summed E-state index contributed by atoms with van der Waals surface area (Å²) >= 11 is 0. The van der Waals surface area contributed by atoms with E-state index in [1.807, 2.05) is 0 Å². The van der Waals surface area contributed by atoms with Gasteiger partial charge in [-0.2, -0.15) is 8.42 Å². The van der Waals surface area contributed by atoms with E-state index in [0.29, 0.717) is 20.2 Å². The molecule has 4 aromatic rings. The first kappa shape index (κ1) is 24.9. The van der Waals surface area contributed by atoms with Gasteiger partial charge in [0.1, 0.15) is 0 Å². The zero-order valence-electron chi connectivity index (χ0n) is 18.0. The molecule has 35 heavy (non-hydrogen) atoms. The Labute approximate surface area is 200 Å². The van der Waals surface area contributed by atoms with Crippen molar-refractivity contribution in [1.82, 2.24) is 0 Å². The van der Waals surface area contributed by atoms with E-state index in [-0.39, 0.29) is 0 Å². The van der Waals surface area contributed by atoms with Crippen molar-refractivity contribution in [1.29, 1.82) is 0 Å². The minimum absolute atomic E-state index is 0.327. The van der Waals surface area contributed by atoms with E-state index in [2.05, 4.69) is 0 Å². The summed E-state index contributed by atoms with van der Waals surface area (Å²) in [4.78, 5) is -1.03. The zero-order valence-corrected chi connectivity index (χ0v) is 19.6. The van der Waals surface area contributed by atoms with Gasteiger partial charge in [0.15, 0.2) is 28.2 Å². The second-order valence-corrected chi connectivity index (χ2v) is 11.7. The average molecular weight is 525 g/mol. The second-order valence-electron chi connectivity index (χ2n) is 7.37. The van der Waals surface area contributed by atoms with Crippen LogP contribution in [0.3, 0.4) is 0 Å². The summed E-state index contributed by atoms with van der Waals surface area (Å²) in [6.07, 6.45) is 0. The first-order valence-electron chi connectivity index (χ1n) is 10.1. The van der Waals surface area contributed by atoms with Gasteiger partial charge in [0, 0.05) is 14.7 Å². The van der Waals surface area contributed by atoms with Crippen LogP contribution in [0.2, 0.25) is 0 Å². The average Bonchev–Trinajstić information content (AvgIpc) is 2.86. The third-order valence-corrected chi connectivity index (χ3v) is 10.5. The van der Waals surface area contributed by atoms with Crippen LogP contribution in [0.25, 0.3) is 0 Å². The molecule has 10 heteroatoms. The number of hydrogen-bond acceptors (Lipinski definition) is 3. The van der Waals surface area contributed by atoms with E-state index < -0.39 is 54.4 Å². The van der Waals surface area contributed by atoms with Crippen LogP contribution in [-0.2, 0) is 13.7 Å². The van der Waals surface area contributed by atoms with Gasteiger partial charge in [-0.15, -0.1) is 0 Å². The minimum Gasteiger partial charge on any atom is -0.203 e. The maximum atomic E-state index is 14.6. The topological polar surface area (TPSA) is 43.4 Å². The minimum atomic E-state index is -5.56. The smallest absolute Gasteiger partial charge is 0.203 e. The molecular weight excluding hydrogens is 507 g/mol. The number of aryl methyl sites for hydroxylation is 1. The Morgan fingerprint density at radius 3 is 1.43 bits per heavy atom. The van der Waals surface area contributed by atoms with Gasteiger partial charge in [-0.05, 0) is 53.1 Å². The Morgan fingerprint density at radius 1 is 0.571 bits per heavy atom. The summed E-state index contributed by atoms with van der Waals surface area (Å²) in [6.45, 7) is 1.69. The number of hydrogen-bond donors (Lipinski definition) is 0. The van der Waals surface area contributed by atoms with E-state index in [9.17, 15) is 30.4 Å². The summed E-state index contributed by atoms with van der Waals surface area (Å²) in [5.74, 6) is -12.2. The molecule has 0 aliphatic heterocycles. The largest absolute Gasteiger partial charge is 0.313 e. The molecule has 0 N–H and O–H groups in total. The van der Waals surface area contributed by atoms with Crippen molar-refractivity contribution < 1.29 is 34.0 Å². The maximum absolute atomic E-state index is 14.6. The molecule has 182 valence electrons. The van der Waals surface area contributed by atoms with Crippen LogP contribution in [0.4, 0.5) is 22.0 Å². The molecule has 0 bridgehead atoms. The van der Waals surface area contributed by atoms with Gasteiger partial charge in [-0.3, -0.25) is 0 Å². The van der Waals surface area contributed by atoms with Crippen LogP contribution >= 0.6 is 10.3 Å². The third-order valence-electron chi connectivity index (χ3n) is 5.16. The molecule has 0 aliphatic carbocycles. The standard InChI is InChI=1S/C25H17F5O3S2/c1-16-10-8-9-15-19(16)34(17-11-4-2-5-12-17,18-13-6-3-7-14-18)33-35(31,32)25-23(29)21(27)20(26)22(28)24(25)30/h2-15H,1H3. The van der Waals surface area contributed by atoms with Gasteiger partial charge in [0.2, 0.25) is 5.82 Å². The Kier molecular flexibility index (Phi) is 6.72. The van der Waals surface area contributed by atoms with Gasteiger partial charge in [0.25, 0.3) is 0 Å². The highest BCUT2D eigenvalue weighted by atomic mass is 32.3. The summed E-state index contributed by atoms with van der Waals surface area (Å²) in [5.41, 5.74) is 0.586. The van der Waals surface area contributed by atoms with Crippen molar-refractivity contribution in [3.63, 3.8) is 0 Å². The second kappa shape index (κ2) is 9.44. The molecule has 0 fully saturated rings. The highest BCUT2D eigenvalue weighted by Crippen LogP contribution is 2.71. The van der Waals surface area contributed by atoms with E-state index in [0.717, 1.165) is 0 Å². The lowest BCUT2D eigenvalue weighted by Gasteiger charge is -2.40. The van der Waals surface area contributed by atoms with Crippen molar-refractivity contribution in [2.75, 3.05) is 0 Å². The van der Waals surface area contributed by atoms with E-state index in [4.69, 9.17) is 3.63 Å². The summed E-state index contributed by atoms with van der Waals surface area (Å²) in [6, 6.07) is 22.7. The zero-order chi connectivity index (χ0) is 25.4. The van der Waals surface area contributed by atoms with Gasteiger partial charge in [0.05, 0.1) is 0 Å². The van der Waals surface area contributed by atoms with E-state index in [1.54, 1.807) is 91.9 Å². The lowest BCUT2D eigenvalue weighted by Crippen LogP contribution is -2.19. The maximum Gasteiger partial charge on any atom is 0.313 e. The Balaban J connectivity index is 2.10. The van der Waals surface area contributed by atoms with Crippen LogP contribution in [0.15, 0.2) is 105 Å². The van der Waals surface area contributed by atoms with Crippen molar-refractivity contribution in [2.45, 2.75) is 26.5 Å². The highest BCUT2D eigenvalue weighted by Gasteiger charge is 2.43. The predicted octanol–water partition coefficient (Wildman–Crippen LogP) is 7.29. The monoisotopic (exact) mass is 524 g/mol. The van der Waals surface area contributed by atoms with Crippen LogP contribution in [0.1, 0.15) is 5.56 Å². The van der Waals surface area contributed by atoms with E-state index >= 15 is 0 Å². The lowest BCUT2D eigenvalue weighted by atomic mass is 10.2. The molecule has 0 spiro atoms. The predicted molar refractivity (Wildman–Crippen MR) is 121 cm³/mol. The molecule has 3 nitrogen and oxygen atoms in total.